The van der Waals surface area contributed by atoms with Gasteiger partial charge in [-0.25, -0.2) is 4.98 Å². The van der Waals surface area contributed by atoms with Gasteiger partial charge in [0.05, 0.1) is 4.92 Å². The van der Waals surface area contributed by atoms with E-state index < -0.39 is 4.92 Å². The van der Waals surface area contributed by atoms with Crippen LogP contribution in [0.1, 0.15) is 0 Å². The lowest BCUT2D eigenvalue weighted by molar-refractivity contribution is -0.384. The quantitative estimate of drug-likeness (QED) is 0.553. The maximum atomic E-state index is 10.6. The second kappa shape index (κ2) is 5.17. The van der Waals surface area contributed by atoms with Crippen molar-refractivity contribution in [3.8, 4) is 0 Å². The third kappa shape index (κ3) is 2.49. The minimum atomic E-state index is -0.585. The van der Waals surface area contributed by atoms with Crippen molar-refractivity contribution in [1.82, 2.24) is 19.8 Å². The first-order valence-electron chi connectivity index (χ1n) is 6.60. The molecule has 4 heterocycles. The lowest BCUT2D eigenvalue weighted by Gasteiger charge is -2.47. The van der Waals surface area contributed by atoms with Gasteiger partial charge in [0.1, 0.15) is 6.20 Å². The minimum absolute atomic E-state index is 0.110. The summed E-state index contributed by atoms with van der Waals surface area (Å²) >= 11 is 0. The summed E-state index contributed by atoms with van der Waals surface area (Å²) in [4.78, 5) is 22.8. The highest BCUT2D eigenvalue weighted by atomic mass is 16.6. The Bertz CT molecular complexity index is 515. The zero-order valence-corrected chi connectivity index (χ0v) is 11.0. The SMILES string of the molecule is Nc1nc(NCC2CN3CCN2CC3)ncc1[N+](=O)[O-]. The predicted molar refractivity (Wildman–Crippen MR) is 73.4 cm³/mol. The van der Waals surface area contributed by atoms with Crippen LogP contribution < -0.4 is 11.1 Å². The molecule has 3 fully saturated rings. The van der Waals surface area contributed by atoms with E-state index in [2.05, 4.69) is 25.1 Å². The van der Waals surface area contributed by atoms with Crippen molar-refractivity contribution >= 4 is 17.5 Å². The molecule has 108 valence electrons. The Kier molecular flexibility index (Phi) is 3.36. The van der Waals surface area contributed by atoms with Crippen LogP contribution in [0.5, 0.6) is 0 Å². The molecule has 20 heavy (non-hydrogen) atoms. The smallest absolute Gasteiger partial charge is 0.329 e. The molecule has 2 bridgehead atoms. The highest BCUT2D eigenvalue weighted by Gasteiger charge is 2.31. The fraction of sp³-hybridized carbons (Fsp3) is 0.636. The van der Waals surface area contributed by atoms with Crippen LogP contribution >= 0.6 is 0 Å². The van der Waals surface area contributed by atoms with Gasteiger partial charge in [0, 0.05) is 45.3 Å². The molecule has 0 radical (unpaired) electrons. The van der Waals surface area contributed by atoms with Crippen LogP contribution in [-0.2, 0) is 0 Å². The lowest BCUT2D eigenvalue weighted by atomic mass is 10.1. The Morgan fingerprint density at radius 2 is 2.20 bits per heavy atom. The Hall–Kier alpha value is -2.00. The van der Waals surface area contributed by atoms with E-state index in [0.29, 0.717) is 18.5 Å². The number of nitrogens with zero attached hydrogens (tertiary/aromatic N) is 5. The first-order chi connectivity index (χ1) is 9.63. The Morgan fingerprint density at radius 1 is 1.45 bits per heavy atom. The van der Waals surface area contributed by atoms with E-state index in [4.69, 9.17) is 5.73 Å². The maximum absolute atomic E-state index is 10.6. The number of nitrogens with two attached hydrogens (primary N) is 1. The fourth-order valence-electron chi connectivity index (χ4n) is 2.74. The second-order valence-corrected chi connectivity index (χ2v) is 5.09. The highest BCUT2D eigenvalue weighted by Crippen LogP contribution is 2.19. The number of hydrogen-bond acceptors (Lipinski definition) is 8. The normalized spacial score (nSPS) is 28.3. The minimum Gasteiger partial charge on any atom is -0.378 e. The van der Waals surface area contributed by atoms with Gasteiger partial charge in [-0.2, -0.15) is 4.98 Å². The first kappa shape index (κ1) is 13.0. The zero-order chi connectivity index (χ0) is 14.1. The highest BCUT2D eigenvalue weighted by molar-refractivity contribution is 5.53. The molecule has 4 rings (SSSR count). The van der Waals surface area contributed by atoms with E-state index in [1.807, 2.05) is 0 Å². The molecule has 3 aliphatic heterocycles. The summed E-state index contributed by atoms with van der Waals surface area (Å²) in [5, 5.41) is 13.8. The molecule has 3 aliphatic rings. The molecule has 9 heteroatoms. The molecule has 0 aromatic carbocycles. The van der Waals surface area contributed by atoms with Gasteiger partial charge < -0.3 is 11.1 Å². The number of aromatic nitrogens is 2. The molecule has 0 amide bonds. The predicted octanol–water partition coefficient (Wildman–Crippen LogP) is -0.621. The third-order valence-corrected chi connectivity index (χ3v) is 3.88. The van der Waals surface area contributed by atoms with Crippen LogP contribution in [0.3, 0.4) is 0 Å². The Morgan fingerprint density at radius 3 is 2.75 bits per heavy atom. The average Bonchev–Trinajstić information content (AvgIpc) is 2.46. The van der Waals surface area contributed by atoms with Crippen LogP contribution in [-0.4, -0.2) is 70.0 Å². The molecule has 1 atom stereocenters. The van der Waals surface area contributed by atoms with Gasteiger partial charge in [0.25, 0.3) is 0 Å². The summed E-state index contributed by atoms with van der Waals surface area (Å²) in [5.74, 6) is 0.229. The van der Waals surface area contributed by atoms with Gasteiger partial charge in [0.15, 0.2) is 0 Å². The molecule has 0 spiro atoms. The number of hydrogen-bond donors (Lipinski definition) is 2. The van der Waals surface area contributed by atoms with Crippen molar-refractivity contribution < 1.29 is 4.92 Å². The van der Waals surface area contributed by atoms with E-state index in [1.54, 1.807) is 0 Å². The fourth-order valence-corrected chi connectivity index (χ4v) is 2.74. The van der Waals surface area contributed by atoms with Crippen LogP contribution in [0, 0.1) is 10.1 Å². The lowest BCUT2D eigenvalue weighted by Crippen LogP contribution is -2.62. The molecule has 1 unspecified atom stereocenters. The van der Waals surface area contributed by atoms with Crippen molar-refractivity contribution in [1.29, 1.82) is 0 Å². The van der Waals surface area contributed by atoms with E-state index in [9.17, 15) is 10.1 Å². The number of fused-ring (bicyclic) bond motifs is 3. The second-order valence-electron chi connectivity index (χ2n) is 5.09. The average molecular weight is 279 g/mol. The largest absolute Gasteiger partial charge is 0.378 e. The van der Waals surface area contributed by atoms with E-state index in [-0.39, 0.29) is 11.5 Å². The number of piperazine rings is 3. The molecular formula is C11H17N7O2. The van der Waals surface area contributed by atoms with Crippen LogP contribution in [0.15, 0.2) is 6.20 Å². The number of nitrogen functional groups attached to an aromatic ring is 1. The molecule has 3 saturated heterocycles. The molecule has 3 N–H and O–H groups in total. The molecule has 0 saturated carbocycles. The van der Waals surface area contributed by atoms with Gasteiger partial charge in [-0.15, -0.1) is 0 Å². The number of nitro groups is 1. The van der Waals surface area contributed by atoms with Crippen molar-refractivity contribution in [2.75, 3.05) is 50.3 Å². The van der Waals surface area contributed by atoms with Gasteiger partial charge in [-0.3, -0.25) is 19.9 Å². The Balaban J connectivity index is 1.61. The van der Waals surface area contributed by atoms with Gasteiger partial charge in [0.2, 0.25) is 11.8 Å². The first-order valence-corrected chi connectivity index (χ1v) is 6.60. The number of anilines is 2. The standard InChI is InChI=1S/C11H17N7O2/c12-10-9(18(19)20)6-14-11(15-10)13-5-8-7-16-1-3-17(8)4-2-16/h6,8H,1-5,7H2,(H3,12,13,14,15). The van der Waals surface area contributed by atoms with Gasteiger partial charge in [-0.05, 0) is 0 Å². The van der Waals surface area contributed by atoms with Gasteiger partial charge in [-0.1, -0.05) is 0 Å². The van der Waals surface area contributed by atoms with E-state index >= 15 is 0 Å². The van der Waals surface area contributed by atoms with Crippen molar-refractivity contribution in [2.24, 2.45) is 0 Å². The third-order valence-electron chi connectivity index (χ3n) is 3.88. The molecule has 0 aliphatic carbocycles. The van der Waals surface area contributed by atoms with Crippen LogP contribution in [0.2, 0.25) is 0 Å². The maximum Gasteiger partial charge on any atom is 0.329 e. The molecular weight excluding hydrogens is 262 g/mol. The van der Waals surface area contributed by atoms with Gasteiger partial charge >= 0.3 is 5.69 Å². The van der Waals surface area contributed by atoms with E-state index in [0.717, 1.165) is 38.9 Å². The topological polar surface area (TPSA) is 113 Å². The molecule has 1 aromatic rings. The Labute approximate surface area is 115 Å². The van der Waals surface area contributed by atoms with Crippen LogP contribution in [0.4, 0.5) is 17.5 Å². The summed E-state index contributed by atoms with van der Waals surface area (Å²) < 4.78 is 0. The van der Waals surface area contributed by atoms with E-state index in [1.165, 1.54) is 0 Å². The summed E-state index contributed by atoms with van der Waals surface area (Å²) in [6.45, 7) is 6.21. The summed E-state index contributed by atoms with van der Waals surface area (Å²) in [5.41, 5.74) is 5.28. The van der Waals surface area contributed by atoms with Crippen molar-refractivity contribution in [2.45, 2.75) is 6.04 Å². The number of rotatable bonds is 4. The van der Waals surface area contributed by atoms with Crippen molar-refractivity contribution in [3.05, 3.63) is 16.3 Å². The van der Waals surface area contributed by atoms with Crippen LogP contribution in [0.25, 0.3) is 0 Å². The molecule has 9 nitrogen and oxygen atoms in total. The zero-order valence-electron chi connectivity index (χ0n) is 11.0. The van der Waals surface area contributed by atoms with Crippen molar-refractivity contribution in [3.63, 3.8) is 0 Å². The number of nitrogens with one attached hydrogen (secondary N) is 1. The summed E-state index contributed by atoms with van der Waals surface area (Å²) in [7, 11) is 0. The summed E-state index contributed by atoms with van der Waals surface area (Å²) in [6.07, 6.45) is 1.14. The monoisotopic (exact) mass is 279 g/mol. The summed E-state index contributed by atoms with van der Waals surface area (Å²) in [6, 6.07) is 0.428. The molecule has 1 aromatic heterocycles.